The zero-order valence-corrected chi connectivity index (χ0v) is 33.9. The summed E-state index contributed by atoms with van der Waals surface area (Å²) in [5.41, 5.74) is 8.36. The van der Waals surface area contributed by atoms with E-state index in [9.17, 15) is 0 Å². The molecule has 46 heavy (non-hydrogen) atoms. The van der Waals surface area contributed by atoms with E-state index >= 15 is 0 Å². The van der Waals surface area contributed by atoms with Crippen molar-refractivity contribution in [1.29, 1.82) is 0 Å². The van der Waals surface area contributed by atoms with Crippen molar-refractivity contribution in [3.05, 3.63) is 139 Å². The van der Waals surface area contributed by atoms with Crippen LogP contribution in [0.25, 0.3) is 43.3 Å². The third kappa shape index (κ3) is 11.5. The van der Waals surface area contributed by atoms with Gasteiger partial charge in [-0.15, -0.1) is 17.0 Å². The topological polar surface area (TPSA) is 69.3 Å². The van der Waals surface area contributed by atoms with Gasteiger partial charge in [0.15, 0.2) is 0 Å². The summed E-state index contributed by atoms with van der Waals surface area (Å²) in [6.07, 6.45) is 0. The zero-order valence-electron chi connectivity index (χ0n) is 29.5. The molecule has 4 aromatic carbocycles. The molecule has 246 valence electrons. The van der Waals surface area contributed by atoms with E-state index < -0.39 is 0 Å². The van der Waals surface area contributed by atoms with E-state index in [0.29, 0.717) is 11.8 Å². The van der Waals surface area contributed by atoms with Gasteiger partial charge < -0.3 is 21.3 Å². The Morgan fingerprint density at radius 3 is 1.70 bits per heavy atom. The standard InChI is InChI=1S/C33H33N2S.3C2H6N.Hf/c1-21(2)26-16-11-17-27(22(3)4)32(26)35-31(25-13-7-6-8-14-25)33-34-29(20-36-33)30-23(5)18-19-24-12-9-10-15-28(24)30;3*1-3-2;/h6-22,31H,1-5H3;3*1-2H3;/q4*-1;. The molecule has 0 aliphatic carbocycles. The molecule has 0 spiro atoms. The molecule has 0 aliphatic heterocycles. The molecule has 0 N–H and O–H groups in total. The minimum Gasteiger partial charge on any atom is -0.672 e. The molecule has 1 aromatic heterocycles. The third-order valence-corrected chi connectivity index (χ3v) is 7.76. The molecular formula is C39H51HfN5S-4. The number of aromatic nitrogens is 1. The fraction of sp³-hybridized carbons (Fsp3) is 0.359. The van der Waals surface area contributed by atoms with Crippen molar-refractivity contribution in [2.75, 3.05) is 42.3 Å². The van der Waals surface area contributed by atoms with Crippen LogP contribution < -0.4 is 0 Å². The summed E-state index contributed by atoms with van der Waals surface area (Å²) in [7, 11) is 10.5. The summed E-state index contributed by atoms with van der Waals surface area (Å²) in [6, 6.07) is 30.0. The maximum atomic E-state index is 5.48. The monoisotopic (exact) mass is 801 g/mol. The molecule has 5 rings (SSSR count). The van der Waals surface area contributed by atoms with Crippen LogP contribution in [0.1, 0.15) is 72.8 Å². The Morgan fingerprint density at radius 1 is 0.630 bits per heavy atom. The third-order valence-electron chi connectivity index (χ3n) is 6.87. The fourth-order valence-electron chi connectivity index (χ4n) is 4.95. The zero-order chi connectivity index (χ0) is 33.4. The number of aryl methyl sites for hydroxylation is 1. The van der Waals surface area contributed by atoms with E-state index in [1.807, 2.05) is 0 Å². The minimum atomic E-state index is -0.155. The van der Waals surface area contributed by atoms with Gasteiger partial charge in [-0.1, -0.05) is 129 Å². The van der Waals surface area contributed by atoms with Crippen molar-refractivity contribution in [2.24, 2.45) is 0 Å². The smallest absolute Gasteiger partial charge is 0.0831 e. The summed E-state index contributed by atoms with van der Waals surface area (Å²) in [5.74, 6) is 0.785. The maximum Gasteiger partial charge on any atom is 0.0831 e. The number of nitrogens with zero attached hydrogens (tertiary/aromatic N) is 5. The number of hydrogen-bond acceptors (Lipinski definition) is 2. The van der Waals surface area contributed by atoms with Crippen LogP contribution in [0.4, 0.5) is 5.69 Å². The second kappa shape index (κ2) is 22.0. The molecule has 0 aliphatic rings. The van der Waals surface area contributed by atoms with Gasteiger partial charge in [0.1, 0.15) is 0 Å². The predicted octanol–water partition coefficient (Wildman–Crippen LogP) is 12.2. The van der Waals surface area contributed by atoms with E-state index in [-0.39, 0.29) is 31.9 Å². The van der Waals surface area contributed by atoms with Crippen LogP contribution in [0.2, 0.25) is 0 Å². The summed E-state index contributed by atoms with van der Waals surface area (Å²) >= 11 is 1.71. The molecule has 7 heteroatoms. The first-order valence-electron chi connectivity index (χ1n) is 15.4. The molecule has 5 aromatic rings. The van der Waals surface area contributed by atoms with E-state index in [4.69, 9.17) is 10.3 Å². The first-order valence-corrected chi connectivity index (χ1v) is 16.3. The minimum absolute atomic E-state index is 0. The largest absolute Gasteiger partial charge is 0.672 e. The molecule has 0 saturated heterocycles. The van der Waals surface area contributed by atoms with Crippen molar-refractivity contribution in [2.45, 2.75) is 52.5 Å². The van der Waals surface area contributed by atoms with Gasteiger partial charge in [0.05, 0.1) is 10.7 Å². The van der Waals surface area contributed by atoms with Gasteiger partial charge in [0.2, 0.25) is 0 Å². The second-order valence-electron chi connectivity index (χ2n) is 11.4. The van der Waals surface area contributed by atoms with Gasteiger partial charge in [-0.3, -0.25) is 0 Å². The normalized spacial score (nSPS) is 10.9. The van der Waals surface area contributed by atoms with Crippen molar-refractivity contribution in [3.8, 4) is 11.3 Å². The van der Waals surface area contributed by atoms with E-state index in [1.54, 1.807) is 53.6 Å². The number of thiazole rings is 1. The SMILES string of the molecule is C[N-]C.C[N-]C.C[N-]C.Cc1ccc2ccccc2c1-c1csc(C([N-]c2c(C(C)C)cccc2C(C)C)c2ccccc2)n1.[Hf]. The average Bonchev–Trinajstić information content (AvgIpc) is 3.50. The number of fused-ring (bicyclic) bond motifs is 1. The van der Waals surface area contributed by atoms with E-state index in [2.05, 4.69) is 141 Å². The molecule has 0 saturated carbocycles. The summed E-state index contributed by atoms with van der Waals surface area (Å²) in [4.78, 5) is 5.24. The molecule has 1 atom stereocenters. The first kappa shape index (κ1) is 41.3. The maximum absolute atomic E-state index is 5.48. The Balaban J connectivity index is 0.000000952. The van der Waals surface area contributed by atoms with Crippen LogP contribution in [0.3, 0.4) is 0 Å². The van der Waals surface area contributed by atoms with Crippen LogP contribution >= 0.6 is 11.3 Å². The molecule has 0 radical (unpaired) electrons. The molecule has 1 unspecified atom stereocenters. The predicted molar refractivity (Wildman–Crippen MR) is 201 cm³/mol. The van der Waals surface area contributed by atoms with Gasteiger partial charge in [0, 0.05) is 36.8 Å². The number of rotatable bonds is 7. The Bertz CT molecular complexity index is 1520. The first-order chi connectivity index (χ1) is 21.7. The van der Waals surface area contributed by atoms with Crippen LogP contribution in [-0.2, 0) is 25.8 Å². The van der Waals surface area contributed by atoms with E-state index in [1.165, 1.54) is 38.6 Å². The Labute approximate surface area is 301 Å². The molecular weight excluding hydrogens is 749 g/mol. The number of para-hydroxylation sites is 1. The second-order valence-corrected chi connectivity index (χ2v) is 12.3. The van der Waals surface area contributed by atoms with Gasteiger partial charge >= 0.3 is 0 Å². The summed E-state index contributed by atoms with van der Waals surface area (Å²) in [6.45, 7) is 11.2. The van der Waals surface area contributed by atoms with Crippen LogP contribution in [0.5, 0.6) is 0 Å². The van der Waals surface area contributed by atoms with Crippen LogP contribution in [-0.4, -0.2) is 47.3 Å². The fourth-order valence-corrected chi connectivity index (χ4v) is 5.82. The van der Waals surface area contributed by atoms with Gasteiger partial charge in [0.25, 0.3) is 0 Å². The Hall–Kier alpha value is -2.68. The van der Waals surface area contributed by atoms with Crippen molar-refractivity contribution < 1.29 is 25.8 Å². The van der Waals surface area contributed by atoms with Crippen molar-refractivity contribution in [3.63, 3.8) is 0 Å². The number of hydrogen-bond donors (Lipinski definition) is 0. The molecule has 1 heterocycles. The van der Waals surface area contributed by atoms with Crippen LogP contribution in [0.15, 0.2) is 90.3 Å². The Kier molecular flexibility index (Phi) is 19.8. The average molecular weight is 800 g/mol. The van der Waals surface area contributed by atoms with Crippen molar-refractivity contribution in [1.82, 2.24) is 4.98 Å². The van der Waals surface area contributed by atoms with Crippen LogP contribution in [0, 0.1) is 6.92 Å². The van der Waals surface area contributed by atoms with E-state index in [0.717, 1.165) is 16.4 Å². The van der Waals surface area contributed by atoms with Crippen molar-refractivity contribution >= 4 is 27.8 Å². The summed E-state index contributed by atoms with van der Waals surface area (Å²) in [5, 5.41) is 21.7. The number of benzene rings is 4. The van der Waals surface area contributed by atoms with Gasteiger partial charge in [-0.25, -0.2) is 4.98 Å². The molecule has 0 amide bonds. The van der Waals surface area contributed by atoms with Gasteiger partial charge in [-0.05, 0) is 41.1 Å². The molecule has 0 bridgehead atoms. The summed E-state index contributed by atoms with van der Waals surface area (Å²) < 4.78 is 0. The molecule has 5 nitrogen and oxygen atoms in total. The van der Waals surface area contributed by atoms with Gasteiger partial charge in [-0.2, -0.15) is 42.3 Å². The Morgan fingerprint density at radius 2 is 1.15 bits per heavy atom. The quantitative estimate of drug-likeness (QED) is 0.151. The molecule has 0 fully saturated rings.